The van der Waals surface area contributed by atoms with Gasteiger partial charge in [0.05, 0.1) is 13.2 Å². The van der Waals surface area contributed by atoms with Crippen molar-refractivity contribution in [2.45, 2.75) is 44.6 Å². The van der Waals surface area contributed by atoms with E-state index in [1.165, 1.54) is 5.57 Å². The van der Waals surface area contributed by atoms with Gasteiger partial charge >= 0.3 is 0 Å². The minimum absolute atomic E-state index is 0.0776. The highest BCUT2D eigenvalue weighted by molar-refractivity contribution is 5.92. The second kappa shape index (κ2) is 9.37. The molecule has 5 heterocycles. The minimum Gasteiger partial charge on any atom is -0.378 e. The quantitative estimate of drug-likeness (QED) is 0.699. The number of morpholine rings is 1. The highest BCUT2D eigenvalue weighted by Gasteiger charge is 2.31. The van der Waals surface area contributed by atoms with Gasteiger partial charge in [-0.15, -0.1) is 0 Å². The van der Waals surface area contributed by atoms with E-state index in [0.29, 0.717) is 17.5 Å². The number of amides is 1. The summed E-state index contributed by atoms with van der Waals surface area (Å²) in [7, 11) is 0. The first-order valence-corrected chi connectivity index (χ1v) is 12.8. The van der Waals surface area contributed by atoms with Crippen molar-refractivity contribution in [2.75, 3.05) is 44.3 Å². The molecule has 1 amide bonds. The molecule has 7 nitrogen and oxygen atoms in total. The number of carbonyl (C=O) groups is 1. The molecule has 0 bridgehead atoms. The van der Waals surface area contributed by atoms with Crippen LogP contribution in [0.1, 0.15) is 53.6 Å². The van der Waals surface area contributed by atoms with E-state index in [2.05, 4.69) is 45.9 Å². The molecule has 178 valence electrons. The summed E-state index contributed by atoms with van der Waals surface area (Å²) in [5.74, 6) is 2.95. The van der Waals surface area contributed by atoms with Gasteiger partial charge in [-0.2, -0.15) is 0 Å². The van der Waals surface area contributed by atoms with E-state index < -0.39 is 0 Å². The van der Waals surface area contributed by atoms with E-state index in [4.69, 9.17) is 14.7 Å². The third-order valence-electron chi connectivity index (χ3n) is 7.69. The summed E-state index contributed by atoms with van der Waals surface area (Å²) in [6.07, 6.45) is 14.0. The van der Waals surface area contributed by atoms with Crippen LogP contribution in [0.15, 0.2) is 48.2 Å². The number of aromatic nitrogens is 3. The van der Waals surface area contributed by atoms with Crippen LogP contribution in [-0.4, -0.2) is 64.7 Å². The number of fused-ring (bicyclic) bond motifs is 1. The molecule has 6 rings (SSSR count). The molecule has 34 heavy (non-hydrogen) atoms. The van der Waals surface area contributed by atoms with Gasteiger partial charge in [0.2, 0.25) is 0 Å². The van der Waals surface area contributed by atoms with Crippen LogP contribution in [0.5, 0.6) is 0 Å². The molecule has 0 spiro atoms. The smallest absolute Gasteiger partial charge is 0.274 e. The van der Waals surface area contributed by atoms with E-state index >= 15 is 0 Å². The standard InChI is InChI=1S/C27H33N5O2/c33-27(31-12-11-21(17-31)20-5-2-1-3-6-20)24-19-32-18-22(9-10-26(32)29-24)23-7-4-8-25(28-23)30-13-15-34-16-14-30/h2,4-8,19,21-22H,1,3,9-18H2. The molecular formula is C27H33N5O2. The summed E-state index contributed by atoms with van der Waals surface area (Å²) < 4.78 is 7.67. The summed E-state index contributed by atoms with van der Waals surface area (Å²) in [4.78, 5) is 27.3. The number of aryl methyl sites for hydroxylation is 1. The molecule has 2 fully saturated rings. The molecule has 2 aromatic rings. The van der Waals surface area contributed by atoms with Crippen molar-refractivity contribution in [3.05, 3.63) is 65.4 Å². The van der Waals surface area contributed by atoms with Gasteiger partial charge in [-0.25, -0.2) is 9.97 Å². The van der Waals surface area contributed by atoms with Crippen LogP contribution >= 0.6 is 0 Å². The average Bonchev–Trinajstić information content (AvgIpc) is 3.57. The van der Waals surface area contributed by atoms with Crippen molar-refractivity contribution in [3.63, 3.8) is 0 Å². The largest absolute Gasteiger partial charge is 0.378 e. The first kappa shape index (κ1) is 21.6. The van der Waals surface area contributed by atoms with Gasteiger partial charge in [0.15, 0.2) is 0 Å². The number of allylic oxidation sites excluding steroid dienone is 3. The Labute approximate surface area is 201 Å². The number of likely N-dealkylation sites (tertiary alicyclic amines) is 1. The molecule has 2 aromatic heterocycles. The average molecular weight is 460 g/mol. The molecule has 4 aliphatic rings. The summed E-state index contributed by atoms with van der Waals surface area (Å²) in [6, 6.07) is 6.35. The van der Waals surface area contributed by atoms with Crippen molar-refractivity contribution in [1.82, 2.24) is 19.4 Å². The van der Waals surface area contributed by atoms with Gasteiger partial charge in [0.1, 0.15) is 17.3 Å². The van der Waals surface area contributed by atoms with Gasteiger partial charge in [0.25, 0.3) is 5.91 Å². The number of ether oxygens (including phenoxy) is 1. The fourth-order valence-electron chi connectivity index (χ4n) is 5.74. The molecule has 7 heteroatoms. The van der Waals surface area contributed by atoms with Crippen LogP contribution in [0, 0.1) is 5.92 Å². The minimum atomic E-state index is 0.0776. The number of pyridine rings is 1. The lowest BCUT2D eigenvalue weighted by Gasteiger charge is -2.29. The van der Waals surface area contributed by atoms with Gasteiger partial charge in [0, 0.05) is 62.9 Å². The molecule has 1 aliphatic carbocycles. The molecule has 0 radical (unpaired) electrons. The van der Waals surface area contributed by atoms with Crippen LogP contribution in [0.4, 0.5) is 5.82 Å². The second-order valence-electron chi connectivity index (χ2n) is 9.87. The number of anilines is 1. The van der Waals surface area contributed by atoms with Gasteiger partial charge in [-0.1, -0.05) is 24.3 Å². The van der Waals surface area contributed by atoms with E-state index in [0.717, 1.165) is 95.4 Å². The molecule has 2 unspecified atom stereocenters. The normalized spacial score (nSPS) is 24.8. The van der Waals surface area contributed by atoms with E-state index in [1.54, 1.807) is 0 Å². The number of imidazole rings is 1. The fraction of sp³-hybridized carbons (Fsp3) is 0.519. The summed E-state index contributed by atoms with van der Waals surface area (Å²) in [5, 5.41) is 0. The van der Waals surface area contributed by atoms with Crippen LogP contribution in [0.3, 0.4) is 0 Å². The Kier molecular flexibility index (Phi) is 5.95. The lowest BCUT2D eigenvalue weighted by atomic mass is 9.93. The molecule has 0 saturated carbocycles. The van der Waals surface area contributed by atoms with Gasteiger partial charge in [-0.05, 0) is 43.4 Å². The fourth-order valence-corrected chi connectivity index (χ4v) is 5.74. The van der Waals surface area contributed by atoms with E-state index in [1.807, 2.05) is 11.1 Å². The first-order valence-electron chi connectivity index (χ1n) is 12.8. The molecule has 2 saturated heterocycles. The second-order valence-corrected chi connectivity index (χ2v) is 9.87. The Balaban J connectivity index is 1.13. The van der Waals surface area contributed by atoms with E-state index in [9.17, 15) is 4.79 Å². The lowest BCUT2D eigenvalue weighted by molar-refractivity contribution is 0.0783. The molecule has 0 N–H and O–H groups in total. The van der Waals surface area contributed by atoms with Gasteiger partial charge < -0.3 is 19.1 Å². The molecule has 2 atom stereocenters. The van der Waals surface area contributed by atoms with Crippen LogP contribution in [0.2, 0.25) is 0 Å². The number of hydrogen-bond donors (Lipinski definition) is 0. The lowest BCUT2D eigenvalue weighted by Crippen LogP contribution is -2.37. The van der Waals surface area contributed by atoms with Crippen molar-refractivity contribution < 1.29 is 9.53 Å². The maximum absolute atomic E-state index is 13.2. The zero-order valence-electron chi connectivity index (χ0n) is 19.7. The predicted octanol–water partition coefficient (Wildman–Crippen LogP) is 3.58. The third-order valence-corrected chi connectivity index (χ3v) is 7.69. The number of nitrogens with zero attached hydrogens (tertiary/aromatic N) is 5. The summed E-state index contributed by atoms with van der Waals surface area (Å²) >= 11 is 0. The number of rotatable bonds is 4. The Morgan fingerprint density at radius 3 is 2.76 bits per heavy atom. The Morgan fingerprint density at radius 2 is 1.91 bits per heavy atom. The van der Waals surface area contributed by atoms with E-state index in [-0.39, 0.29) is 5.91 Å². The highest BCUT2D eigenvalue weighted by atomic mass is 16.5. The number of hydrogen-bond acceptors (Lipinski definition) is 5. The summed E-state index contributed by atoms with van der Waals surface area (Å²) in [5.41, 5.74) is 3.13. The Bertz CT molecular complexity index is 1110. The molecular weight excluding hydrogens is 426 g/mol. The highest BCUT2D eigenvalue weighted by Crippen LogP contribution is 2.31. The zero-order chi connectivity index (χ0) is 22.9. The molecule has 3 aliphatic heterocycles. The van der Waals surface area contributed by atoms with Crippen molar-refractivity contribution in [3.8, 4) is 0 Å². The van der Waals surface area contributed by atoms with Crippen LogP contribution < -0.4 is 4.90 Å². The number of carbonyl (C=O) groups excluding carboxylic acids is 1. The van der Waals surface area contributed by atoms with Crippen molar-refractivity contribution >= 4 is 11.7 Å². The molecule has 0 aromatic carbocycles. The monoisotopic (exact) mass is 459 g/mol. The van der Waals surface area contributed by atoms with Crippen molar-refractivity contribution in [1.29, 1.82) is 0 Å². The van der Waals surface area contributed by atoms with Crippen molar-refractivity contribution in [2.24, 2.45) is 5.92 Å². The third kappa shape index (κ3) is 4.29. The van der Waals surface area contributed by atoms with Crippen LogP contribution in [-0.2, 0) is 17.7 Å². The topological polar surface area (TPSA) is 63.5 Å². The Hall–Kier alpha value is -2.93. The SMILES string of the molecule is O=C(c1cn2c(n1)CCC(c1cccc(N3CCOCC3)n1)C2)N1CCC(C2=CCCC=C2)C1. The van der Waals surface area contributed by atoms with Crippen LogP contribution in [0.25, 0.3) is 0 Å². The predicted molar refractivity (Wildman–Crippen MR) is 131 cm³/mol. The zero-order valence-corrected chi connectivity index (χ0v) is 19.7. The first-order chi connectivity index (χ1) is 16.7. The maximum atomic E-state index is 13.2. The Morgan fingerprint density at radius 1 is 1.00 bits per heavy atom. The maximum Gasteiger partial charge on any atom is 0.274 e. The van der Waals surface area contributed by atoms with Gasteiger partial charge in [-0.3, -0.25) is 4.79 Å². The summed E-state index contributed by atoms with van der Waals surface area (Å²) in [6.45, 7) is 5.75.